The monoisotopic (exact) mass is 308 g/mol. The van der Waals surface area contributed by atoms with Gasteiger partial charge in [-0.05, 0) is 18.8 Å². The molecule has 1 amide bonds. The number of methoxy groups -OCH3 is 1. The highest BCUT2D eigenvalue weighted by molar-refractivity contribution is 5.96. The van der Waals surface area contributed by atoms with Gasteiger partial charge >= 0.3 is 0 Å². The lowest BCUT2D eigenvalue weighted by molar-refractivity contribution is 0.0486. The molecule has 22 heavy (non-hydrogen) atoms. The van der Waals surface area contributed by atoms with Gasteiger partial charge in [0.1, 0.15) is 5.56 Å². The number of hydrogen-bond donors (Lipinski definition) is 1. The largest absolute Gasteiger partial charge is 0.479 e. The van der Waals surface area contributed by atoms with E-state index < -0.39 is 0 Å². The Morgan fingerprint density at radius 1 is 1.41 bits per heavy atom. The first-order valence-electron chi connectivity index (χ1n) is 7.86. The highest BCUT2D eigenvalue weighted by Gasteiger charge is 2.32. The van der Waals surface area contributed by atoms with Crippen molar-refractivity contribution < 1.29 is 14.6 Å². The summed E-state index contributed by atoms with van der Waals surface area (Å²) in [6, 6.07) is 0. The summed E-state index contributed by atoms with van der Waals surface area (Å²) < 4.78 is 6.75. The zero-order valence-corrected chi connectivity index (χ0v) is 13.2. The maximum absolute atomic E-state index is 12.6. The van der Waals surface area contributed by atoms with E-state index in [1.54, 1.807) is 17.9 Å². The molecule has 0 spiro atoms. The molecule has 122 valence electrons. The number of hydrogen-bond acceptors (Lipinski definition) is 5. The number of aryl methyl sites for hydroxylation is 1. The maximum atomic E-state index is 12.6. The van der Waals surface area contributed by atoms with Crippen molar-refractivity contribution in [2.45, 2.75) is 18.9 Å². The van der Waals surface area contributed by atoms with Crippen LogP contribution in [-0.2, 0) is 7.05 Å². The molecule has 1 aliphatic carbocycles. The molecule has 1 N–H and O–H groups in total. The van der Waals surface area contributed by atoms with Crippen LogP contribution in [0.2, 0.25) is 0 Å². The SMILES string of the molecule is COc1nn(C)cc1C(=O)N1CCN(C[C@H](O)C2CC2)CC1. The minimum absolute atomic E-state index is 0.0349. The van der Waals surface area contributed by atoms with E-state index in [4.69, 9.17) is 4.74 Å². The number of aromatic nitrogens is 2. The fourth-order valence-corrected chi connectivity index (χ4v) is 2.96. The molecule has 1 atom stereocenters. The van der Waals surface area contributed by atoms with Crippen LogP contribution in [0.5, 0.6) is 5.88 Å². The molecule has 3 rings (SSSR count). The van der Waals surface area contributed by atoms with Gasteiger partial charge in [-0.2, -0.15) is 0 Å². The lowest BCUT2D eigenvalue weighted by atomic mass is 10.2. The number of piperazine rings is 1. The number of aliphatic hydroxyl groups is 1. The van der Waals surface area contributed by atoms with Crippen molar-refractivity contribution in [1.29, 1.82) is 0 Å². The van der Waals surface area contributed by atoms with Crippen molar-refractivity contribution in [1.82, 2.24) is 19.6 Å². The summed E-state index contributed by atoms with van der Waals surface area (Å²) in [7, 11) is 3.30. The van der Waals surface area contributed by atoms with Crippen LogP contribution >= 0.6 is 0 Å². The van der Waals surface area contributed by atoms with Gasteiger partial charge in [0.25, 0.3) is 5.91 Å². The van der Waals surface area contributed by atoms with Crippen LogP contribution in [0.1, 0.15) is 23.2 Å². The highest BCUT2D eigenvalue weighted by Crippen LogP contribution is 2.33. The van der Waals surface area contributed by atoms with Crippen molar-refractivity contribution in [3.63, 3.8) is 0 Å². The second-order valence-corrected chi connectivity index (χ2v) is 6.22. The molecule has 2 aliphatic rings. The zero-order valence-electron chi connectivity index (χ0n) is 13.2. The maximum Gasteiger partial charge on any atom is 0.261 e. The van der Waals surface area contributed by atoms with Crippen LogP contribution < -0.4 is 4.74 Å². The normalized spacial score (nSPS) is 21.0. The predicted molar refractivity (Wildman–Crippen MR) is 80.8 cm³/mol. The fraction of sp³-hybridized carbons (Fsp3) is 0.733. The molecule has 7 nitrogen and oxygen atoms in total. The third kappa shape index (κ3) is 3.25. The standard InChI is InChI=1S/C15H24N4O3/c1-17-9-12(14(16-17)22-2)15(21)19-7-5-18(6-8-19)10-13(20)11-3-4-11/h9,11,13,20H,3-8,10H2,1-2H3/t13-/m0/s1. The predicted octanol–water partition coefficient (Wildman–Crippen LogP) is -0.0426. The smallest absolute Gasteiger partial charge is 0.261 e. The van der Waals surface area contributed by atoms with Crippen molar-refractivity contribution in [3.8, 4) is 5.88 Å². The molecule has 0 aromatic carbocycles. The van der Waals surface area contributed by atoms with Gasteiger partial charge in [-0.15, -0.1) is 5.10 Å². The Morgan fingerprint density at radius 3 is 2.68 bits per heavy atom. The summed E-state index contributed by atoms with van der Waals surface area (Å²) in [5, 5.41) is 14.1. The lowest BCUT2D eigenvalue weighted by Gasteiger charge is -2.35. The number of amides is 1. The lowest BCUT2D eigenvalue weighted by Crippen LogP contribution is -2.50. The van der Waals surface area contributed by atoms with Gasteiger partial charge in [-0.3, -0.25) is 14.4 Å². The molecule has 0 unspecified atom stereocenters. The zero-order chi connectivity index (χ0) is 15.7. The van der Waals surface area contributed by atoms with E-state index in [1.165, 1.54) is 7.11 Å². The minimum atomic E-state index is -0.208. The van der Waals surface area contributed by atoms with E-state index in [2.05, 4.69) is 10.00 Å². The number of rotatable bonds is 5. The van der Waals surface area contributed by atoms with Crippen molar-refractivity contribution in [2.75, 3.05) is 39.8 Å². The summed E-state index contributed by atoms with van der Waals surface area (Å²) in [4.78, 5) is 16.6. The summed E-state index contributed by atoms with van der Waals surface area (Å²) in [5.74, 6) is 0.839. The highest BCUT2D eigenvalue weighted by atomic mass is 16.5. The molecule has 1 aromatic heterocycles. The van der Waals surface area contributed by atoms with Crippen LogP contribution in [-0.4, -0.2) is 76.5 Å². The second kappa shape index (κ2) is 6.26. The van der Waals surface area contributed by atoms with Crippen LogP contribution in [0.3, 0.4) is 0 Å². The molecule has 1 aliphatic heterocycles. The number of aliphatic hydroxyl groups excluding tert-OH is 1. The number of nitrogens with zero attached hydrogens (tertiary/aromatic N) is 4. The van der Waals surface area contributed by atoms with Gasteiger partial charge in [-0.25, -0.2) is 0 Å². The Hall–Kier alpha value is -1.60. The molecule has 2 fully saturated rings. The van der Waals surface area contributed by atoms with E-state index >= 15 is 0 Å². The minimum Gasteiger partial charge on any atom is -0.479 e. The van der Waals surface area contributed by atoms with Gasteiger partial charge in [0.05, 0.1) is 13.2 Å². The molecule has 1 saturated carbocycles. The molecule has 0 radical (unpaired) electrons. The Kier molecular flexibility index (Phi) is 4.35. The van der Waals surface area contributed by atoms with Gasteiger partial charge in [0.2, 0.25) is 5.88 Å². The average molecular weight is 308 g/mol. The molecule has 0 bridgehead atoms. The summed E-state index contributed by atoms with van der Waals surface area (Å²) >= 11 is 0. The van der Waals surface area contributed by atoms with Crippen LogP contribution in [0.4, 0.5) is 0 Å². The van der Waals surface area contributed by atoms with E-state index in [-0.39, 0.29) is 12.0 Å². The fourth-order valence-electron chi connectivity index (χ4n) is 2.96. The number of carbonyl (C=O) groups is 1. The Balaban J connectivity index is 1.55. The first-order chi connectivity index (χ1) is 10.6. The Bertz CT molecular complexity index is 533. The van der Waals surface area contributed by atoms with Gasteiger partial charge in [0, 0.05) is 46.0 Å². The molecule has 1 aromatic rings. The Labute approximate surface area is 130 Å². The summed E-state index contributed by atoms with van der Waals surface area (Å²) in [5.41, 5.74) is 0.511. The molecule has 2 heterocycles. The molecule has 7 heteroatoms. The van der Waals surface area contributed by atoms with Crippen LogP contribution in [0, 0.1) is 5.92 Å². The van der Waals surface area contributed by atoms with Gasteiger partial charge in [-0.1, -0.05) is 0 Å². The van der Waals surface area contributed by atoms with Crippen molar-refractivity contribution in [3.05, 3.63) is 11.8 Å². The summed E-state index contributed by atoms with van der Waals surface area (Å²) in [6.07, 6.45) is 3.80. The van der Waals surface area contributed by atoms with Gasteiger partial charge < -0.3 is 14.7 Å². The second-order valence-electron chi connectivity index (χ2n) is 6.22. The van der Waals surface area contributed by atoms with E-state index in [0.29, 0.717) is 30.5 Å². The third-order valence-electron chi connectivity index (χ3n) is 4.49. The van der Waals surface area contributed by atoms with Crippen molar-refractivity contribution in [2.24, 2.45) is 13.0 Å². The molecule has 1 saturated heterocycles. The number of β-amino-alcohol motifs (C(OH)–C–C–N with tert-alkyl or cyclic N) is 1. The average Bonchev–Trinajstić information content (AvgIpc) is 3.30. The van der Waals surface area contributed by atoms with Crippen molar-refractivity contribution >= 4 is 5.91 Å². The van der Waals surface area contributed by atoms with E-state index in [9.17, 15) is 9.90 Å². The topological polar surface area (TPSA) is 70.8 Å². The van der Waals surface area contributed by atoms with Gasteiger partial charge in [0.15, 0.2) is 0 Å². The van der Waals surface area contributed by atoms with Crippen LogP contribution in [0.15, 0.2) is 6.20 Å². The molecular weight excluding hydrogens is 284 g/mol. The third-order valence-corrected chi connectivity index (χ3v) is 4.49. The van der Waals surface area contributed by atoms with E-state index in [0.717, 1.165) is 32.5 Å². The number of carbonyl (C=O) groups excluding carboxylic acids is 1. The molecular formula is C15H24N4O3. The van der Waals surface area contributed by atoms with E-state index in [1.807, 2.05) is 4.90 Å². The quantitative estimate of drug-likeness (QED) is 0.826. The first kappa shape index (κ1) is 15.3. The summed E-state index contributed by atoms with van der Waals surface area (Å²) in [6.45, 7) is 3.68. The first-order valence-corrected chi connectivity index (χ1v) is 7.86. The number of ether oxygens (including phenoxy) is 1. The Morgan fingerprint density at radius 2 is 2.09 bits per heavy atom. The van der Waals surface area contributed by atoms with Crippen LogP contribution in [0.25, 0.3) is 0 Å².